The molecule has 0 atom stereocenters. The van der Waals surface area contributed by atoms with E-state index in [0.29, 0.717) is 18.2 Å². The summed E-state index contributed by atoms with van der Waals surface area (Å²) in [5.74, 6) is -0.309. The van der Waals surface area contributed by atoms with Crippen LogP contribution in [0.1, 0.15) is 55.8 Å². The standard InChI is InChI=1S/C18H26N2O3/c1-2-23-18(22)14-9-11-15(12-10-14)19-13-17(21)20-16-7-5-3-4-6-8-16/h9-12,16,19H,2-8,13H2,1H3,(H,20,21). The number of anilines is 1. The summed E-state index contributed by atoms with van der Waals surface area (Å²) in [5, 5.41) is 6.18. The van der Waals surface area contributed by atoms with Gasteiger partial charge >= 0.3 is 5.97 Å². The summed E-state index contributed by atoms with van der Waals surface area (Å²) in [4.78, 5) is 23.6. The van der Waals surface area contributed by atoms with E-state index in [-0.39, 0.29) is 18.4 Å². The van der Waals surface area contributed by atoms with Gasteiger partial charge in [0.15, 0.2) is 0 Å². The number of benzene rings is 1. The molecule has 0 aromatic heterocycles. The third-order valence-electron chi connectivity index (χ3n) is 4.07. The van der Waals surface area contributed by atoms with Crippen molar-refractivity contribution in [1.29, 1.82) is 0 Å². The third-order valence-corrected chi connectivity index (χ3v) is 4.07. The second kappa shape index (κ2) is 9.18. The van der Waals surface area contributed by atoms with E-state index in [1.54, 1.807) is 31.2 Å². The summed E-state index contributed by atoms with van der Waals surface area (Å²) in [5.41, 5.74) is 1.33. The van der Waals surface area contributed by atoms with Crippen LogP contribution in [0.3, 0.4) is 0 Å². The number of hydrogen-bond acceptors (Lipinski definition) is 4. The average molecular weight is 318 g/mol. The molecule has 0 heterocycles. The highest BCUT2D eigenvalue weighted by atomic mass is 16.5. The maximum absolute atomic E-state index is 12.0. The van der Waals surface area contributed by atoms with Crippen LogP contribution in [0.5, 0.6) is 0 Å². The summed E-state index contributed by atoms with van der Waals surface area (Å²) in [6.07, 6.45) is 7.12. The Balaban J connectivity index is 1.76. The molecule has 2 rings (SSSR count). The maximum atomic E-state index is 12.0. The van der Waals surface area contributed by atoms with E-state index in [9.17, 15) is 9.59 Å². The minimum atomic E-state index is -0.329. The lowest BCUT2D eigenvalue weighted by atomic mass is 10.1. The molecule has 126 valence electrons. The molecule has 1 amide bonds. The molecule has 0 radical (unpaired) electrons. The first kappa shape index (κ1) is 17.3. The van der Waals surface area contributed by atoms with Crippen molar-refractivity contribution in [2.75, 3.05) is 18.5 Å². The number of nitrogens with one attached hydrogen (secondary N) is 2. The quantitative estimate of drug-likeness (QED) is 0.625. The Kier molecular flexibility index (Phi) is 6.91. The fraction of sp³-hybridized carbons (Fsp3) is 0.556. The molecular formula is C18H26N2O3. The predicted molar refractivity (Wildman–Crippen MR) is 90.5 cm³/mol. The Morgan fingerprint density at radius 3 is 2.35 bits per heavy atom. The Morgan fingerprint density at radius 2 is 1.74 bits per heavy atom. The van der Waals surface area contributed by atoms with Gasteiger partial charge in [-0.15, -0.1) is 0 Å². The van der Waals surface area contributed by atoms with Crippen LogP contribution in [-0.4, -0.2) is 31.1 Å². The first-order valence-corrected chi connectivity index (χ1v) is 8.49. The van der Waals surface area contributed by atoms with Gasteiger partial charge in [-0.2, -0.15) is 0 Å². The molecule has 1 saturated carbocycles. The van der Waals surface area contributed by atoms with Crippen molar-refractivity contribution in [3.05, 3.63) is 29.8 Å². The zero-order valence-corrected chi connectivity index (χ0v) is 13.8. The van der Waals surface area contributed by atoms with Crippen LogP contribution in [0.4, 0.5) is 5.69 Å². The highest BCUT2D eigenvalue weighted by molar-refractivity contribution is 5.90. The van der Waals surface area contributed by atoms with E-state index in [2.05, 4.69) is 10.6 Å². The normalized spacial score (nSPS) is 15.5. The lowest BCUT2D eigenvalue weighted by Crippen LogP contribution is -2.38. The molecule has 23 heavy (non-hydrogen) atoms. The zero-order chi connectivity index (χ0) is 16.5. The van der Waals surface area contributed by atoms with E-state index in [1.165, 1.54) is 25.7 Å². The van der Waals surface area contributed by atoms with Crippen molar-refractivity contribution in [1.82, 2.24) is 5.32 Å². The number of esters is 1. The zero-order valence-electron chi connectivity index (χ0n) is 13.8. The topological polar surface area (TPSA) is 67.4 Å². The first-order chi connectivity index (χ1) is 11.2. The SMILES string of the molecule is CCOC(=O)c1ccc(NCC(=O)NC2CCCCCC2)cc1. The van der Waals surface area contributed by atoms with Crippen LogP contribution in [-0.2, 0) is 9.53 Å². The van der Waals surface area contributed by atoms with Gasteiger partial charge in [0, 0.05) is 11.7 Å². The average Bonchev–Trinajstić information content (AvgIpc) is 2.82. The Hall–Kier alpha value is -2.04. The first-order valence-electron chi connectivity index (χ1n) is 8.49. The predicted octanol–water partition coefficient (Wildman–Crippen LogP) is 3.11. The number of hydrogen-bond donors (Lipinski definition) is 2. The molecule has 1 aromatic rings. The molecule has 0 saturated heterocycles. The fourth-order valence-corrected chi connectivity index (χ4v) is 2.82. The molecular weight excluding hydrogens is 292 g/mol. The lowest BCUT2D eigenvalue weighted by molar-refractivity contribution is -0.120. The summed E-state index contributed by atoms with van der Waals surface area (Å²) >= 11 is 0. The van der Waals surface area contributed by atoms with Crippen molar-refractivity contribution < 1.29 is 14.3 Å². The van der Waals surface area contributed by atoms with Gasteiger partial charge in [0.05, 0.1) is 18.7 Å². The highest BCUT2D eigenvalue weighted by Crippen LogP contribution is 2.17. The molecule has 5 nitrogen and oxygen atoms in total. The Bertz CT molecular complexity index is 506. The minimum Gasteiger partial charge on any atom is -0.462 e. The van der Waals surface area contributed by atoms with Gasteiger partial charge in [-0.05, 0) is 44.0 Å². The lowest BCUT2D eigenvalue weighted by Gasteiger charge is -2.16. The number of carbonyl (C=O) groups is 2. The fourth-order valence-electron chi connectivity index (χ4n) is 2.82. The number of amides is 1. The maximum Gasteiger partial charge on any atom is 0.338 e. The summed E-state index contributed by atoms with van der Waals surface area (Å²) in [6.45, 7) is 2.39. The second-order valence-electron chi connectivity index (χ2n) is 5.91. The van der Waals surface area contributed by atoms with E-state index >= 15 is 0 Å². The molecule has 0 unspecified atom stereocenters. The summed E-state index contributed by atoms with van der Waals surface area (Å²) < 4.78 is 4.94. The number of rotatable bonds is 6. The van der Waals surface area contributed by atoms with Gasteiger partial charge < -0.3 is 15.4 Å². The van der Waals surface area contributed by atoms with Crippen molar-refractivity contribution in [2.45, 2.75) is 51.5 Å². The molecule has 0 bridgehead atoms. The summed E-state index contributed by atoms with van der Waals surface area (Å²) in [6, 6.07) is 7.28. The van der Waals surface area contributed by atoms with Gasteiger partial charge in [0.2, 0.25) is 5.91 Å². The van der Waals surface area contributed by atoms with Crippen molar-refractivity contribution in [3.63, 3.8) is 0 Å². The monoisotopic (exact) mass is 318 g/mol. The molecule has 1 aliphatic rings. The van der Waals surface area contributed by atoms with Crippen molar-refractivity contribution in [3.8, 4) is 0 Å². The van der Waals surface area contributed by atoms with Gasteiger partial charge in [-0.1, -0.05) is 25.7 Å². The molecule has 5 heteroatoms. The Labute approximate surface area is 137 Å². The van der Waals surface area contributed by atoms with E-state index in [0.717, 1.165) is 18.5 Å². The van der Waals surface area contributed by atoms with Gasteiger partial charge in [0.1, 0.15) is 0 Å². The second-order valence-corrected chi connectivity index (χ2v) is 5.91. The summed E-state index contributed by atoms with van der Waals surface area (Å²) in [7, 11) is 0. The molecule has 2 N–H and O–H groups in total. The van der Waals surface area contributed by atoms with Crippen LogP contribution >= 0.6 is 0 Å². The largest absolute Gasteiger partial charge is 0.462 e. The number of carbonyl (C=O) groups excluding carboxylic acids is 2. The van der Waals surface area contributed by atoms with Crippen LogP contribution in [0.2, 0.25) is 0 Å². The van der Waals surface area contributed by atoms with Crippen molar-refractivity contribution >= 4 is 17.6 Å². The van der Waals surface area contributed by atoms with Crippen LogP contribution < -0.4 is 10.6 Å². The third kappa shape index (κ3) is 5.93. The molecule has 1 aliphatic carbocycles. The van der Waals surface area contributed by atoms with E-state index < -0.39 is 0 Å². The van der Waals surface area contributed by atoms with Crippen LogP contribution in [0.15, 0.2) is 24.3 Å². The van der Waals surface area contributed by atoms with Gasteiger partial charge in [-0.25, -0.2) is 4.79 Å². The van der Waals surface area contributed by atoms with Gasteiger partial charge in [0.25, 0.3) is 0 Å². The smallest absolute Gasteiger partial charge is 0.338 e. The van der Waals surface area contributed by atoms with E-state index in [1.807, 2.05) is 0 Å². The van der Waals surface area contributed by atoms with Gasteiger partial charge in [-0.3, -0.25) is 4.79 Å². The highest BCUT2D eigenvalue weighted by Gasteiger charge is 2.14. The Morgan fingerprint density at radius 1 is 1.09 bits per heavy atom. The van der Waals surface area contributed by atoms with Crippen LogP contribution in [0.25, 0.3) is 0 Å². The van der Waals surface area contributed by atoms with Crippen LogP contribution in [0, 0.1) is 0 Å². The molecule has 0 spiro atoms. The van der Waals surface area contributed by atoms with Crippen molar-refractivity contribution in [2.24, 2.45) is 0 Å². The molecule has 1 fully saturated rings. The molecule has 0 aliphatic heterocycles. The molecule has 1 aromatic carbocycles. The van der Waals surface area contributed by atoms with E-state index in [4.69, 9.17) is 4.74 Å². The minimum absolute atomic E-state index is 0.0198. The number of ether oxygens (including phenoxy) is 1.